The zero-order valence-corrected chi connectivity index (χ0v) is 16.7. The maximum Gasteiger partial charge on any atom is 0.359 e. The van der Waals surface area contributed by atoms with Crippen molar-refractivity contribution in [1.29, 1.82) is 0 Å². The average molecular weight is 403 g/mol. The van der Waals surface area contributed by atoms with E-state index in [1.54, 1.807) is 6.92 Å². The van der Waals surface area contributed by atoms with Crippen molar-refractivity contribution in [3.63, 3.8) is 0 Å². The maximum atomic E-state index is 12.3. The number of nitrogens with one attached hydrogen (secondary N) is 1. The fourth-order valence-electron chi connectivity index (χ4n) is 3.02. The molecule has 0 fully saturated rings. The van der Waals surface area contributed by atoms with Crippen LogP contribution >= 0.6 is 11.3 Å². The highest BCUT2D eigenvalue weighted by molar-refractivity contribution is 7.17. The van der Waals surface area contributed by atoms with Gasteiger partial charge in [-0.05, 0) is 37.7 Å². The van der Waals surface area contributed by atoms with Gasteiger partial charge in [-0.25, -0.2) is 14.6 Å². The molecule has 9 heteroatoms. The Morgan fingerprint density at radius 1 is 1.25 bits per heavy atom. The van der Waals surface area contributed by atoms with Crippen LogP contribution in [0.3, 0.4) is 0 Å². The molecule has 0 radical (unpaired) electrons. The first kappa shape index (κ1) is 19.9. The Bertz CT molecular complexity index is 907. The number of hydrogen-bond donors (Lipinski definition) is 1. The number of carbonyl (C=O) groups excluding carboxylic acids is 3. The summed E-state index contributed by atoms with van der Waals surface area (Å²) in [5.74, 6) is -1.23. The van der Waals surface area contributed by atoms with Gasteiger partial charge in [-0.15, -0.1) is 11.3 Å². The van der Waals surface area contributed by atoms with Crippen LogP contribution < -0.4 is 5.32 Å². The third kappa shape index (κ3) is 4.36. The third-order valence-corrected chi connectivity index (χ3v) is 5.65. The Morgan fingerprint density at radius 2 is 2.04 bits per heavy atom. The first-order chi connectivity index (χ1) is 13.4. The lowest BCUT2D eigenvalue weighted by molar-refractivity contribution is -0.119. The smallest absolute Gasteiger partial charge is 0.359 e. The van der Waals surface area contributed by atoms with Crippen molar-refractivity contribution < 1.29 is 23.9 Å². The van der Waals surface area contributed by atoms with E-state index in [2.05, 4.69) is 22.2 Å². The van der Waals surface area contributed by atoms with Crippen LogP contribution in [0, 0.1) is 12.8 Å². The van der Waals surface area contributed by atoms with Crippen molar-refractivity contribution in [3.05, 3.63) is 39.8 Å². The second-order valence-electron chi connectivity index (χ2n) is 6.71. The van der Waals surface area contributed by atoms with Crippen molar-refractivity contribution in [1.82, 2.24) is 9.97 Å². The summed E-state index contributed by atoms with van der Waals surface area (Å²) in [6.45, 7) is 3.41. The van der Waals surface area contributed by atoms with Gasteiger partial charge in [-0.2, -0.15) is 0 Å². The van der Waals surface area contributed by atoms with E-state index in [1.807, 2.05) is 0 Å². The summed E-state index contributed by atoms with van der Waals surface area (Å²) >= 11 is 1.37. The van der Waals surface area contributed by atoms with E-state index in [0.717, 1.165) is 29.7 Å². The van der Waals surface area contributed by atoms with Crippen LogP contribution in [-0.4, -0.2) is 41.5 Å². The van der Waals surface area contributed by atoms with E-state index < -0.39 is 24.5 Å². The number of amides is 1. The minimum absolute atomic E-state index is 0.0224. The number of methoxy groups -OCH3 is 1. The Hall–Kier alpha value is -2.81. The second kappa shape index (κ2) is 8.47. The predicted molar refractivity (Wildman–Crippen MR) is 103 cm³/mol. The first-order valence-electron chi connectivity index (χ1n) is 8.87. The molecule has 2 aromatic rings. The molecule has 3 rings (SSSR count). The molecule has 0 aliphatic heterocycles. The van der Waals surface area contributed by atoms with E-state index >= 15 is 0 Å². The monoisotopic (exact) mass is 403 g/mol. The minimum atomic E-state index is -0.741. The fourth-order valence-corrected chi connectivity index (χ4v) is 4.44. The molecule has 0 bridgehead atoms. The number of carbonyl (C=O) groups is 3. The van der Waals surface area contributed by atoms with Crippen molar-refractivity contribution in [2.24, 2.45) is 5.92 Å². The lowest BCUT2D eigenvalue weighted by Crippen LogP contribution is -2.22. The topological polar surface area (TPSA) is 107 Å². The SMILES string of the molecule is COC(=O)c1c(NC(=O)COC(=O)c2cnc(C)cn2)sc2c1CC[C@@H](C)C2. The van der Waals surface area contributed by atoms with Gasteiger partial charge in [0.05, 0.1) is 24.6 Å². The lowest BCUT2D eigenvalue weighted by atomic mass is 9.88. The molecule has 28 heavy (non-hydrogen) atoms. The quantitative estimate of drug-likeness (QED) is 0.765. The summed E-state index contributed by atoms with van der Waals surface area (Å²) in [7, 11) is 1.31. The highest BCUT2D eigenvalue weighted by Gasteiger charge is 2.29. The van der Waals surface area contributed by atoms with E-state index in [1.165, 1.54) is 30.8 Å². The van der Waals surface area contributed by atoms with Crippen LogP contribution in [0.4, 0.5) is 5.00 Å². The van der Waals surface area contributed by atoms with Crippen molar-refractivity contribution in [3.8, 4) is 0 Å². The number of aromatic nitrogens is 2. The minimum Gasteiger partial charge on any atom is -0.465 e. The average Bonchev–Trinajstić information content (AvgIpc) is 3.02. The zero-order valence-electron chi connectivity index (χ0n) is 15.9. The molecule has 2 heterocycles. The van der Waals surface area contributed by atoms with Gasteiger partial charge in [0.1, 0.15) is 5.00 Å². The summed E-state index contributed by atoms with van der Waals surface area (Å²) < 4.78 is 9.87. The summed E-state index contributed by atoms with van der Waals surface area (Å²) in [6, 6.07) is 0. The van der Waals surface area contributed by atoms with Crippen molar-refractivity contribution >= 4 is 34.2 Å². The molecule has 1 atom stereocenters. The van der Waals surface area contributed by atoms with Crippen LogP contribution in [0.15, 0.2) is 12.4 Å². The van der Waals surface area contributed by atoms with Gasteiger partial charge in [-0.1, -0.05) is 6.92 Å². The van der Waals surface area contributed by atoms with Gasteiger partial charge in [0, 0.05) is 11.1 Å². The number of rotatable bonds is 5. The molecule has 0 unspecified atom stereocenters. The van der Waals surface area contributed by atoms with Crippen LogP contribution in [0.5, 0.6) is 0 Å². The number of esters is 2. The largest absolute Gasteiger partial charge is 0.465 e. The molecule has 1 N–H and O–H groups in total. The van der Waals surface area contributed by atoms with E-state index in [9.17, 15) is 14.4 Å². The molecule has 0 saturated heterocycles. The molecule has 8 nitrogen and oxygen atoms in total. The first-order valence-corrected chi connectivity index (χ1v) is 9.69. The maximum absolute atomic E-state index is 12.3. The third-order valence-electron chi connectivity index (χ3n) is 4.48. The van der Waals surface area contributed by atoms with Gasteiger partial charge < -0.3 is 14.8 Å². The van der Waals surface area contributed by atoms with Gasteiger partial charge >= 0.3 is 11.9 Å². The summed E-state index contributed by atoms with van der Waals surface area (Å²) in [5, 5.41) is 3.11. The molecule has 0 saturated carbocycles. The Morgan fingerprint density at radius 3 is 2.71 bits per heavy atom. The normalized spacial score (nSPS) is 15.5. The van der Waals surface area contributed by atoms with E-state index in [4.69, 9.17) is 9.47 Å². The number of nitrogens with zero attached hydrogens (tertiary/aromatic N) is 2. The van der Waals surface area contributed by atoms with E-state index in [0.29, 0.717) is 22.2 Å². The van der Waals surface area contributed by atoms with Crippen molar-refractivity contribution in [2.75, 3.05) is 19.0 Å². The highest BCUT2D eigenvalue weighted by Crippen LogP contribution is 2.39. The summed E-state index contributed by atoms with van der Waals surface area (Å²) in [4.78, 5) is 45.4. The predicted octanol–water partition coefficient (Wildman–Crippen LogP) is 2.55. The Labute approximate surface area is 166 Å². The summed E-state index contributed by atoms with van der Waals surface area (Å²) in [6.07, 6.45) is 5.35. The molecule has 1 aliphatic rings. The van der Waals surface area contributed by atoms with Crippen LogP contribution in [-0.2, 0) is 27.1 Å². The fraction of sp³-hybridized carbons (Fsp3) is 0.421. The molecule has 0 aromatic carbocycles. The highest BCUT2D eigenvalue weighted by atomic mass is 32.1. The number of ether oxygens (including phenoxy) is 2. The van der Waals surface area contributed by atoms with E-state index in [-0.39, 0.29) is 5.69 Å². The van der Waals surface area contributed by atoms with Crippen molar-refractivity contribution in [2.45, 2.75) is 33.1 Å². The van der Waals surface area contributed by atoms with Crippen LogP contribution in [0.1, 0.15) is 50.3 Å². The molecule has 148 valence electrons. The number of hydrogen-bond acceptors (Lipinski definition) is 8. The Kier molecular flexibility index (Phi) is 6.03. The number of aryl methyl sites for hydroxylation is 1. The van der Waals surface area contributed by atoms with Gasteiger partial charge in [0.15, 0.2) is 12.3 Å². The molecular formula is C19H21N3O5S. The molecular weight excluding hydrogens is 382 g/mol. The van der Waals surface area contributed by atoms with Crippen LogP contribution in [0.2, 0.25) is 0 Å². The molecule has 0 spiro atoms. The number of anilines is 1. The molecule has 1 amide bonds. The number of thiophene rings is 1. The van der Waals surface area contributed by atoms with Crippen LogP contribution in [0.25, 0.3) is 0 Å². The van der Waals surface area contributed by atoms with Gasteiger partial charge in [0.2, 0.25) is 0 Å². The molecule has 1 aliphatic carbocycles. The second-order valence-corrected chi connectivity index (χ2v) is 7.82. The Balaban J connectivity index is 1.69. The standard InChI is InChI=1S/C19H21N3O5S/c1-10-4-5-12-14(6-10)28-17(16(12)19(25)26-3)22-15(23)9-27-18(24)13-8-20-11(2)7-21-13/h7-8,10H,4-6,9H2,1-3H3,(H,22,23)/t10-/m1/s1. The van der Waals surface area contributed by atoms with Gasteiger partial charge in [-0.3, -0.25) is 9.78 Å². The van der Waals surface area contributed by atoms with Gasteiger partial charge in [0.25, 0.3) is 5.91 Å². The number of fused-ring (bicyclic) bond motifs is 1. The molecule has 2 aromatic heterocycles. The lowest BCUT2D eigenvalue weighted by Gasteiger charge is -2.18. The summed E-state index contributed by atoms with van der Waals surface area (Å²) in [5.41, 5.74) is 2.03. The zero-order chi connectivity index (χ0) is 20.3.